The van der Waals surface area contributed by atoms with Crippen LogP contribution in [0, 0.1) is 5.41 Å². The van der Waals surface area contributed by atoms with Gasteiger partial charge in [0.2, 0.25) is 10.0 Å². The summed E-state index contributed by atoms with van der Waals surface area (Å²) in [5.74, 6) is -0.299. The van der Waals surface area contributed by atoms with Crippen molar-refractivity contribution in [1.29, 1.82) is 0 Å². The number of nitrogens with two attached hydrogens (primary N) is 1. The van der Waals surface area contributed by atoms with Crippen LogP contribution in [0.15, 0.2) is 29.2 Å². The molecule has 0 aliphatic carbocycles. The first-order chi connectivity index (χ1) is 8.65. The van der Waals surface area contributed by atoms with Gasteiger partial charge in [-0.25, -0.2) is 13.6 Å². The smallest absolute Gasteiger partial charge is 0.251 e. The second-order valence-electron chi connectivity index (χ2n) is 5.27. The molecule has 1 rings (SSSR count). The molecule has 0 aromatic heterocycles. The van der Waals surface area contributed by atoms with Gasteiger partial charge in [-0.05, 0) is 30.0 Å². The average molecular weight is 284 g/mol. The minimum Gasteiger partial charge on any atom is -0.352 e. The molecule has 1 aromatic carbocycles. The molecule has 0 atom stereocenters. The molecular weight excluding hydrogens is 264 g/mol. The van der Waals surface area contributed by atoms with Crippen LogP contribution in [-0.2, 0) is 10.0 Å². The van der Waals surface area contributed by atoms with Gasteiger partial charge in [-0.15, -0.1) is 0 Å². The van der Waals surface area contributed by atoms with E-state index in [0.29, 0.717) is 12.1 Å². The van der Waals surface area contributed by atoms with Crippen LogP contribution in [-0.4, -0.2) is 20.9 Å². The van der Waals surface area contributed by atoms with Crippen LogP contribution < -0.4 is 10.5 Å². The van der Waals surface area contributed by atoms with E-state index >= 15 is 0 Å². The number of hydrogen-bond donors (Lipinski definition) is 2. The van der Waals surface area contributed by atoms with Crippen molar-refractivity contribution in [2.75, 3.05) is 6.54 Å². The van der Waals surface area contributed by atoms with E-state index in [0.717, 1.165) is 6.42 Å². The minimum atomic E-state index is -3.79. The maximum atomic E-state index is 11.9. The van der Waals surface area contributed by atoms with Gasteiger partial charge in [0, 0.05) is 12.1 Å². The van der Waals surface area contributed by atoms with Gasteiger partial charge in [0.15, 0.2) is 0 Å². The SMILES string of the molecule is CCC(C)(C)CNC(=O)c1cccc(S(N)(=O)=O)c1. The van der Waals surface area contributed by atoms with Crippen molar-refractivity contribution >= 4 is 15.9 Å². The molecule has 0 saturated heterocycles. The monoisotopic (exact) mass is 284 g/mol. The van der Waals surface area contributed by atoms with Crippen LogP contribution in [0.2, 0.25) is 0 Å². The molecular formula is C13H20N2O3S. The number of benzene rings is 1. The fourth-order valence-electron chi connectivity index (χ4n) is 1.36. The summed E-state index contributed by atoms with van der Waals surface area (Å²) < 4.78 is 22.4. The Kier molecular flexibility index (Phi) is 4.70. The predicted molar refractivity (Wildman–Crippen MR) is 74.2 cm³/mol. The van der Waals surface area contributed by atoms with Crippen LogP contribution >= 0.6 is 0 Å². The van der Waals surface area contributed by atoms with Crippen molar-refractivity contribution in [1.82, 2.24) is 5.32 Å². The summed E-state index contributed by atoms with van der Waals surface area (Å²) in [4.78, 5) is 11.9. The number of primary sulfonamides is 1. The first-order valence-corrected chi connectivity index (χ1v) is 7.61. The lowest BCUT2D eigenvalue weighted by Gasteiger charge is -2.22. The van der Waals surface area contributed by atoms with Gasteiger partial charge in [-0.2, -0.15) is 0 Å². The highest BCUT2D eigenvalue weighted by Gasteiger charge is 2.17. The van der Waals surface area contributed by atoms with E-state index in [2.05, 4.69) is 5.32 Å². The topological polar surface area (TPSA) is 89.3 Å². The Labute approximate surface area is 114 Å². The van der Waals surface area contributed by atoms with E-state index in [1.165, 1.54) is 18.2 Å². The lowest BCUT2D eigenvalue weighted by atomic mass is 9.90. The first-order valence-electron chi connectivity index (χ1n) is 6.07. The molecule has 0 aliphatic heterocycles. The summed E-state index contributed by atoms with van der Waals surface area (Å²) in [5.41, 5.74) is 0.297. The Balaban J connectivity index is 2.84. The second-order valence-corrected chi connectivity index (χ2v) is 6.83. The van der Waals surface area contributed by atoms with Crippen molar-refractivity contribution in [2.45, 2.75) is 32.1 Å². The van der Waals surface area contributed by atoms with Gasteiger partial charge in [0.05, 0.1) is 4.90 Å². The van der Waals surface area contributed by atoms with Crippen molar-refractivity contribution in [3.05, 3.63) is 29.8 Å². The molecule has 0 saturated carbocycles. The van der Waals surface area contributed by atoms with Gasteiger partial charge < -0.3 is 5.32 Å². The van der Waals surface area contributed by atoms with Crippen molar-refractivity contribution in [3.63, 3.8) is 0 Å². The lowest BCUT2D eigenvalue weighted by molar-refractivity contribution is 0.0935. The number of carbonyl (C=O) groups is 1. The van der Waals surface area contributed by atoms with Crippen LogP contribution in [0.25, 0.3) is 0 Å². The molecule has 3 N–H and O–H groups in total. The van der Waals surface area contributed by atoms with E-state index in [4.69, 9.17) is 5.14 Å². The molecule has 6 heteroatoms. The second kappa shape index (κ2) is 5.71. The molecule has 0 fully saturated rings. The highest BCUT2D eigenvalue weighted by molar-refractivity contribution is 7.89. The molecule has 1 amide bonds. The number of nitrogens with one attached hydrogen (secondary N) is 1. The molecule has 0 radical (unpaired) electrons. The first kappa shape index (κ1) is 15.7. The summed E-state index contributed by atoms with van der Waals surface area (Å²) >= 11 is 0. The van der Waals surface area contributed by atoms with E-state index in [-0.39, 0.29) is 16.2 Å². The Hall–Kier alpha value is -1.40. The van der Waals surface area contributed by atoms with Crippen LogP contribution in [0.4, 0.5) is 0 Å². The largest absolute Gasteiger partial charge is 0.352 e. The standard InChI is InChI=1S/C13H20N2O3S/c1-4-13(2,3)9-15-12(16)10-6-5-7-11(8-10)19(14,17)18/h5-8H,4,9H2,1-3H3,(H,15,16)(H2,14,17,18). The third-order valence-corrected chi connectivity index (χ3v) is 4.02. The van der Waals surface area contributed by atoms with Crippen LogP contribution in [0.5, 0.6) is 0 Å². The van der Waals surface area contributed by atoms with Crippen molar-refractivity contribution < 1.29 is 13.2 Å². The van der Waals surface area contributed by atoms with Gasteiger partial charge in [-0.3, -0.25) is 4.79 Å². The Morgan fingerprint density at radius 1 is 1.37 bits per heavy atom. The third-order valence-electron chi connectivity index (χ3n) is 3.11. The fourth-order valence-corrected chi connectivity index (χ4v) is 1.92. The highest BCUT2D eigenvalue weighted by Crippen LogP contribution is 2.18. The number of amides is 1. The number of rotatable bonds is 5. The minimum absolute atomic E-state index is 0.00716. The average Bonchev–Trinajstić information content (AvgIpc) is 2.35. The summed E-state index contributed by atoms with van der Waals surface area (Å²) in [6.07, 6.45) is 0.935. The quantitative estimate of drug-likeness (QED) is 0.858. The van der Waals surface area contributed by atoms with Crippen molar-refractivity contribution in [3.8, 4) is 0 Å². The van der Waals surface area contributed by atoms with E-state index < -0.39 is 10.0 Å². The molecule has 1 aromatic rings. The molecule has 5 nitrogen and oxygen atoms in total. The number of carbonyl (C=O) groups excluding carboxylic acids is 1. The van der Waals surface area contributed by atoms with Crippen LogP contribution in [0.3, 0.4) is 0 Å². The number of hydrogen-bond acceptors (Lipinski definition) is 3. The summed E-state index contributed by atoms with van der Waals surface area (Å²) in [5, 5.41) is 7.83. The summed E-state index contributed by atoms with van der Waals surface area (Å²) in [6.45, 7) is 6.68. The normalized spacial score (nSPS) is 12.2. The Morgan fingerprint density at radius 2 is 2.00 bits per heavy atom. The maximum Gasteiger partial charge on any atom is 0.251 e. The summed E-state index contributed by atoms with van der Waals surface area (Å²) in [7, 11) is -3.79. The highest BCUT2D eigenvalue weighted by atomic mass is 32.2. The molecule has 0 bridgehead atoms. The Morgan fingerprint density at radius 3 is 2.53 bits per heavy atom. The van der Waals surface area contributed by atoms with Gasteiger partial charge in [0.25, 0.3) is 5.91 Å². The van der Waals surface area contributed by atoms with E-state index in [1.54, 1.807) is 6.07 Å². The molecule has 0 aliphatic rings. The zero-order valence-corrected chi connectivity index (χ0v) is 12.3. The molecule has 0 heterocycles. The van der Waals surface area contributed by atoms with Crippen molar-refractivity contribution in [2.24, 2.45) is 10.6 Å². The van der Waals surface area contributed by atoms with Crippen LogP contribution in [0.1, 0.15) is 37.6 Å². The third kappa shape index (κ3) is 4.65. The maximum absolute atomic E-state index is 11.9. The Bertz CT molecular complexity index is 565. The summed E-state index contributed by atoms with van der Waals surface area (Å²) in [6, 6.07) is 5.70. The van der Waals surface area contributed by atoms with Gasteiger partial charge in [0.1, 0.15) is 0 Å². The predicted octanol–water partition coefficient (Wildman–Crippen LogP) is 1.50. The van der Waals surface area contributed by atoms with Gasteiger partial charge >= 0.3 is 0 Å². The van der Waals surface area contributed by atoms with E-state index in [1.807, 2.05) is 20.8 Å². The number of sulfonamides is 1. The van der Waals surface area contributed by atoms with Gasteiger partial charge in [-0.1, -0.05) is 26.8 Å². The molecule has 19 heavy (non-hydrogen) atoms. The molecule has 0 unspecified atom stereocenters. The molecule has 106 valence electrons. The fraction of sp³-hybridized carbons (Fsp3) is 0.462. The van der Waals surface area contributed by atoms with E-state index in [9.17, 15) is 13.2 Å². The zero-order chi connectivity index (χ0) is 14.7. The molecule has 0 spiro atoms. The lowest BCUT2D eigenvalue weighted by Crippen LogP contribution is -2.33. The zero-order valence-electron chi connectivity index (χ0n) is 11.4.